The van der Waals surface area contributed by atoms with Gasteiger partial charge < -0.3 is 15.4 Å². The third-order valence-electron chi connectivity index (χ3n) is 4.82. The van der Waals surface area contributed by atoms with Gasteiger partial charge in [0.1, 0.15) is 17.7 Å². The van der Waals surface area contributed by atoms with E-state index in [-0.39, 0.29) is 31.3 Å². The maximum absolute atomic E-state index is 13.3. The van der Waals surface area contributed by atoms with Crippen LogP contribution in [-0.2, 0) is 14.8 Å². The molecule has 0 bridgehead atoms. The van der Waals surface area contributed by atoms with Gasteiger partial charge in [-0.3, -0.25) is 9.10 Å². The molecular formula is C22H23FN3O4S. The Morgan fingerprint density at radius 2 is 2.06 bits per heavy atom. The predicted molar refractivity (Wildman–Crippen MR) is 117 cm³/mol. The van der Waals surface area contributed by atoms with Crippen molar-refractivity contribution in [3.8, 4) is 5.75 Å². The molecule has 2 aliphatic heterocycles. The molecule has 0 fully saturated rings. The molecule has 7 nitrogen and oxygen atoms in total. The Morgan fingerprint density at radius 3 is 2.77 bits per heavy atom. The third kappa shape index (κ3) is 4.56. The van der Waals surface area contributed by atoms with E-state index < -0.39 is 15.8 Å². The van der Waals surface area contributed by atoms with Gasteiger partial charge in [0.2, 0.25) is 5.91 Å². The molecule has 4 rings (SSSR count). The number of hydrogen-bond acceptors (Lipinski definition) is 5. The molecule has 2 aromatic rings. The number of fused-ring (bicyclic) bond motifs is 1. The topological polar surface area (TPSA) is 87.7 Å². The van der Waals surface area contributed by atoms with Gasteiger partial charge in [-0.2, -0.15) is 0 Å². The van der Waals surface area contributed by atoms with Gasteiger partial charge in [0, 0.05) is 7.11 Å². The summed E-state index contributed by atoms with van der Waals surface area (Å²) < 4.78 is 46.8. The summed E-state index contributed by atoms with van der Waals surface area (Å²) >= 11 is 0. The number of carbonyl (C=O) groups excluding carboxylic acids is 1. The smallest absolute Gasteiger partial charge is 0.264 e. The van der Waals surface area contributed by atoms with Gasteiger partial charge in [0.05, 0.1) is 30.1 Å². The molecule has 2 aromatic carbocycles. The number of benzene rings is 2. The average molecular weight is 445 g/mol. The average Bonchev–Trinajstić information content (AvgIpc) is 2.74. The molecule has 9 heteroatoms. The SMILES string of the molecule is C[C@H]1CN(S(=O)(=O)c2ccc(F)cc2)c2cc(NC(=O)CC3=C[CH]NC=C3)ccc2O1.[HH]. The number of dihydropyridines is 1. The van der Waals surface area contributed by atoms with Crippen LogP contribution < -0.4 is 19.7 Å². The summed E-state index contributed by atoms with van der Waals surface area (Å²) in [5.74, 6) is -0.360. The number of nitrogens with zero attached hydrogens (tertiary/aromatic N) is 1. The van der Waals surface area contributed by atoms with E-state index >= 15 is 0 Å². The number of rotatable bonds is 5. The number of amides is 1. The minimum atomic E-state index is -3.95. The maximum Gasteiger partial charge on any atom is 0.264 e. The van der Waals surface area contributed by atoms with Gasteiger partial charge in [0.25, 0.3) is 10.0 Å². The monoisotopic (exact) mass is 444 g/mol. The largest absolute Gasteiger partial charge is 0.487 e. The Morgan fingerprint density at radius 1 is 1.29 bits per heavy atom. The molecule has 0 saturated carbocycles. The van der Waals surface area contributed by atoms with Crippen molar-refractivity contribution in [1.29, 1.82) is 0 Å². The van der Waals surface area contributed by atoms with Crippen molar-refractivity contribution in [2.75, 3.05) is 16.2 Å². The van der Waals surface area contributed by atoms with Gasteiger partial charge >= 0.3 is 0 Å². The number of ether oxygens (including phenoxy) is 1. The highest BCUT2D eigenvalue weighted by molar-refractivity contribution is 7.92. The van der Waals surface area contributed by atoms with Crippen molar-refractivity contribution in [2.24, 2.45) is 0 Å². The minimum absolute atomic E-state index is 0. The zero-order valence-corrected chi connectivity index (χ0v) is 17.5. The molecule has 2 N–H and O–H groups in total. The van der Waals surface area contributed by atoms with Crippen molar-refractivity contribution >= 4 is 27.3 Å². The normalized spacial score (nSPS) is 17.8. The van der Waals surface area contributed by atoms with Crippen LogP contribution in [0.4, 0.5) is 15.8 Å². The summed E-state index contributed by atoms with van der Waals surface area (Å²) in [5.41, 5.74) is 1.60. The lowest BCUT2D eigenvalue weighted by molar-refractivity contribution is -0.115. The van der Waals surface area contributed by atoms with Crippen molar-refractivity contribution in [1.82, 2.24) is 5.32 Å². The first-order chi connectivity index (χ1) is 14.8. The van der Waals surface area contributed by atoms with Crippen LogP contribution >= 0.6 is 0 Å². The lowest BCUT2D eigenvalue weighted by Crippen LogP contribution is -2.42. The zero-order chi connectivity index (χ0) is 22.0. The van der Waals surface area contributed by atoms with Gasteiger partial charge in [0.15, 0.2) is 0 Å². The minimum Gasteiger partial charge on any atom is -0.487 e. The zero-order valence-electron chi connectivity index (χ0n) is 16.7. The summed E-state index contributed by atoms with van der Waals surface area (Å²) in [5, 5.41) is 5.70. The molecule has 1 atom stereocenters. The Labute approximate surface area is 181 Å². The Hall–Kier alpha value is -3.33. The van der Waals surface area contributed by atoms with E-state index in [1.807, 2.05) is 0 Å². The number of sulfonamides is 1. The Kier molecular flexibility index (Phi) is 5.69. The molecule has 1 amide bonds. The molecule has 31 heavy (non-hydrogen) atoms. The van der Waals surface area contributed by atoms with Crippen LogP contribution in [0.1, 0.15) is 14.8 Å². The van der Waals surface area contributed by atoms with Crippen LogP contribution in [0.2, 0.25) is 0 Å². The van der Waals surface area contributed by atoms with Crippen molar-refractivity contribution < 1.29 is 23.8 Å². The van der Waals surface area contributed by atoms with Crippen LogP contribution in [0.3, 0.4) is 0 Å². The van der Waals surface area contributed by atoms with Crippen LogP contribution in [-0.4, -0.2) is 27.0 Å². The van der Waals surface area contributed by atoms with Crippen molar-refractivity contribution in [3.63, 3.8) is 0 Å². The first kappa shape index (κ1) is 20.9. The van der Waals surface area contributed by atoms with E-state index in [1.165, 1.54) is 16.4 Å². The highest BCUT2D eigenvalue weighted by Crippen LogP contribution is 2.39. The number of allylic oxidation sites excluding steroid dienone is 1. The molecule has 0 spiro atoms. The molecular weight excluding hydrogens is 421 g/mol. The molecule has 163 valence electrons. The number of carbonyl (C=O) groups is 1. The van der Waals surface area contributed by atoms with Gasteiger partial charge in [-0.15, -0.1) is 0 Å². The molecule has 0 aliphatic carbocycles. The molecule has 0 aromatic heterocycles. The van der Waals surface area contributed by atoms with E-state index in [2.05, 4.69) is 10.6 Å². The molecule has 2 heterocycles. The van der Waals surface area contributed by atoms with Crippen LogP contribution in [0.5, 0.6) is 5.75 Å². The van der Waals surface area contributed by atoms with E-state index in [0.29, 0.717) is 17.1 Å². The first-order valence-corrected chi connectivity index (χ1v) is 11.1. The van der Waals surface area contributed by atoms with Gasteiger partial charge in [-0.1, -0.05) is 6.08 Å². The summed E-state index contributed by atoms with van der Waals surface area (Å²) in [7, 11) is -3.95. The standard InChI is InChI=1S/C22H21FN3O4S.H2/c1-15-14-26(31(28,29)19-5-2-17(23)3-6-19)20-13-18(4-7-21(20)30-15)25-22(27)12-16-8-10-24-11-9-16;/h2-11,13,15,24H,12,14H2,1H3,(H,25,27);1H/t15-;/m0./s1. The number of anilines is 2. The second kappa shape index (κ2) is 8.43. The molecule has 0 unspecified atom stereocenters. The Balaban J connectivity index is 0.00000289. The highest BCUT2D eigenvalue weighted by atomic mass is 32.2. The van der Waals surface area contributed by atoms with Crippen molar-refractivity contribution in [3.05, 3.63) is 78.8 Å². The fraction of sp³-hybridized carbons (Fsp3) is 0.182. The van der Waals surface area contributed by atoms with Gasteiger partial charge in [-0.25, -0.2) is 12.8 Å². The fourth-order valence-corrected chi connectivity index (χ4v) is 4.91. The fourth-order valence-electron chi connectivity index (χ4n) is 3.37. The summed E-state index contributed by atoms with van der Waals surface area (Å²) in [4.78, 5) is 12.4. The quantitative estimate of drug-likeness (QED) is 0.736. The van der Waals surface area contributed by atoms with E-state index in [1.54, 1.807) is 50.0 Å². The summed E-state index contributed by atoms with van der Waals surface area (Å²) in [6.45, 7) is 3.59. The third-order valence-corrected chi connectivity index (χ3v) is 6.61. The summed E-state index contributed by atoms with van der Waals surface area (Å²) in [6.07, 6.45) is 5.14. The molecule has 0 saturated heterocycles. The lowest BCUT2D eigenvalue weighted by Gasteiger charge is -2.34. The van der Waals surface area contributed by atoms with E-state index in [4.69, 9.17) is 4.74 Å². The second-order valence-corrected chi connectivity index (χ2v) is 9.10. The second-order valence-electron chi connectivity index (χ2n) is 7.23. The molecule has 1 radical (unpaired) electrons. The number of hydrogen-bond donors (Lipinski definition) is 2. The van der Waals surface area contributed by atoms with Crippen LogP contribution in [0.15, 0.2) is 71.3 Å². The maximum atomic E-state index is 13.3. The highest BCUT2D eigenvalue weighted by Gasteiger charge is 2.33. The van der Waals surface area contributed by atoms with E-state index in [0.717, 1.165) is 17.7 Å². The number of nitrogens with one attached hydrogen (secondary N) is 2. The Bertz CT molecular complexity index is 1170. The van der Waals surface area contributed by atoms with E-state index in [9.17, 15) is 17.6 Å². The van der Waals surface area contributed by atoms with Crippen molar-refractivity contribution in [2.45, 2.75) is 24.3 Å². The lowest BCUT2D eigenvalue weighted by atomic mass is 10.1. The summed E-state index contributed by atoms with van der Waals surface area (Å²) in [6, 6.07) is 9.53. The predicted octanol–water partition coefficient (Wildman–Crippen LogP) is 3.58. The molecule has 2 aliphatic rings. The first-order valence-electron chi connectivity index (χ1n) is 9.67. The number of halogens is 1. The van der Waals surface area contributed by atoms with Gasteiger partial charge in [-0.05, 0) is 67.2 Å². The van der Waals surface area contributed by atoms with Crippen LogP contribution in [0.25, 0.3) is 0 Å². The van der Waals surface area contributed by atoms with Crippen LogP contribution in [0, 0.1) is 12.4 Å².